The van der Waals surface area contributed by atoms with E-state index in [0.717, 1.165) is 202 Å². The van der Waals surface area contributed by atoms with E-state index in [4.69, 9.17) is 103 Å². The van der Waals surface area contributed by atoms with Gasteiger partial charge in [-0.15, -0.1) is 0 Å². The minimum Gasteiger partial charge on any atom is -0.396 e. The standard InChI is InChI=1S/C7H16N2O.C7H16N2.C6H11N3.C6H14N2O.C6H15NO.C5H14N2.C4H12N2.C4H11NO2.2C4H11NO.C2H7NO/c8-2-1-3-9-4-6-10-7-5-9;8-4-7-9-5-2-1-3-6-9;7-2-1-4-9-5-3-8-6-9;7-1-2-8-3-5-9-6-4-8;7-5-3-1-2-4-6-8;1-7(2)5-3-4-6;1-6(2)4-3-5;5-1-3-7-4-2-6;1-2-4(5)3-6;5-3-1-2-4-6;3-1-2-4/h1-8H2;1-8H2;3,5-6H,1-2,4,7H2;1-7H2;8H,1-7H2;3-6H2,1-2H3;3-5H2,1-2H3;6H,1-5H2;4,6H,2-3,5H2,1H3;6H,1-5H2;4H,1-3H2. The third-order valence-corrected chi connectivity index (χ3v) is 10.9. The summed E-state index contributed by atoms with van der Waals surface area (Å²) < 4.78 is 17.1. The molecule has 1 aromatic heterocycles. The summed E-state index contributed by atoms with van der Waals surface area (Å²) >= 11 is 0. The first-order valence-electron chi connectivity index (χ1n) is 30.2. The molecule has 4 heterocycles. The molecule has 26 heteroatoms. The van der Waals surface area contributed by atoms with Crippen LogP contribution in [0.2, 0.25) is 0 Å². The Morgan fingerprint density at radius 2 is 0.914 bits per heavy atom. The predicted octanol–water partition coefficient (Wildman–Crippen LogP) is -3.17. The lowest BCUT2D eigenvalue weighted by atomic mass is 10.1. The fourth-order valence-corrected chi connectivity index (χ4v) is 6.12. The van der Waals surface area contributed by atoms with Crippen LogP contribution in [0.3, 0.4) is 0 Å². The van der Waals surface area contributed by atoms with Crippen LogP contribution in [-0.4, -0.2) is 304 Å². The number of aromatic nitrogens is 2. The number of morpholine rings is 2. The summed E-state index contributed by atoms with van der Waals surface area (Å²) in [5.74, 6) is 0. The largest absolute Gasteiger partial charge is 0.396 e. The Morgan fingerprint density at radius 3 is 1.23 bits per heavy atom. The molecular weight excluding hydrogens is 1040 g/mol. The van der Waals surface area contributed by atoms with E-state index in [1.54, 1.807) is 12.5 Å². The molecule has 27 N–H and O–H groups in total. The number of aliphatic hydroxyl groups excluding tert-OH is 5. The summed E-state index contributed by atoms with van der Waals surface area (Å²) in [6, 6.07) is -0.00926. The minimum atomic E-state index is -0.00926. The summed E-state index contributed by atoms with van der Waals surface area (Å²) in [6.07, 6.45) is 19.9. The van der Waals surface area contributed by atoms with Crippen LogP contribution in [0.1, 0.15) is 90.4 Å². The van der Waals surface area contributed by atoms with Crippen LogP contribution < -0.4 is 63.1 Å². The summed E-state index contributed by atoms with van der Waals surface area (Å²) in [5.41, 5.74) is 57.3. The van der Waals surface area contributed by atoms with E-state index in [0.29, 0.717) is 39.5 Å². The van der Waals surface area contributed by atoms with Gasteiger partial charge in [0.1, 0.15) is 0 Å². The molecule has 0 aliphatic carbocycles. The van der Waals surface area contributed by atoms with Gasteiger partial charge in [0.05, 0.1) is 65.8 Å². The lowest BCUT2D eigenvalue weighted by molar-refractivity contribution is 0.0377. The highest BCUT2D eigenvalue weighted by atomic mass is 16.5. The van der Waals surface area contributed by atoms with Gasteiger partial charge in [-0.2, -0.15) is 0 Å². The van der Waals surface area contributed by atoms with Gasteiger partial charge < -0.3 is 122 Å². The van der Waals surface area contributed by atoms with Gasteiger partial charge in [-0.05, 0) is 151 Å². The van der Waals surface area contributed by atoms with Gasteiger partial charge in [0.15, 0.2) is 0 Å². The lowest BCUT2D eigenvalue weighted by Crippen LogP contribution is -2.39. The maximum Gasteiger partial charge on any atom is 0.0945 e. The first-order valence-corrected chi connectivity index (χ1v) is 30.2. The molecule has 3 aliphatic heterocycles. The smallest absolute Gasteiger partial charge is 0.0945 e. The number of ether oxygens (including phenoxy) is 3. The highest BCUT2D eigenvalue weighted by Gasteiger charge is 2.09. The van der Waals surface area contributed by atoms with Crippen LogP contribution in [0.25, 0.3) is 0 Å². The topological polar surface area (TPSA) is 449 Å². The van der Waals surface area contributed by atoms with E-state index in [2.05, 4.69) is 43.6 Å². The Labute approximate surface area is 495 Å². The summed E-state index contributed by atoms with van der Waals surface area (Å²) in [6.45, 7) is 27.5. The van der Waals surface area contributed by atoms with Crippen molar-refractivity contribution in [3.05, 3.63) is 18.7 Å². The van der Waals surface area contributed by atoms with Crippen LogP contribution in [0.15, 0.2) is 18.7 Å². The zero-order valence-electron chi connectivity index (χ0n) is 52.8. The molecule has 0 saturated carbocycles. The van der Waals surface area contributed by atoms with Crippen molar-refractivity contribution in [3.63, 3.8) is 0 Å². The molecule has 496 valence electrons. The van der Waals surface area contributed by atoms with E-state index in [9.17, 15) is 0 Å². The van der Waals surface area contributed by atoms with Crippen molar-refractivity contribution >= 4 is 0 Å². The third kappa shape index (κ3) is 101. The predicted molar refractivity (Wildman–Crippen MR) is 341 cm³/mol. The molecule has 3 aliphatic rings. The summed E-state index contributed by atoms with van der Waals surface area (Å²) in [5, 5.41) is 40.6. The van der Waals surface area contributed by atoms with Gasteiger partial charge in [0.2, 0.25) is 0 Å². The average molecular weight is 1180 g/mol. The van der Waals surface area contributed by atoms with Gasteiger partial charge >= 0.3 is 0 Å². The van der Waals surface area contributed by atoms with Crippen molar-refractivity contribution in [1.82, 2.24) is 34.1 Å². The second-order valence-electron chi connectivity index (χ2n) is 19.1. The van der Waals surface area contributed by atoms with Gasteiger partial charge in [-0.25, -0.2) is 4.98 Å². The zero-order valence-corrected chi connectivity index (χ0v) is 52.8. The van der Waals surface area contributed by atoms with Crippen LogP contribution in [-0.2, 0) is 20.8 Å². The molecule has 0 aromatic carbocycles. The van der Waals surface area contributed by atoms with Crippen molar-refractivity contribution in [2.45, 2.75) is 103 Å². The maximum atomic E-state index is 8.33. The molecule has 0 bridgehead atoms. The Balaban J connectivity index is -0.000000150. The highest BCUT2D eigenvalue weighted by Crippen LogP contribution is 2.07. The molecule has 81 heavy (non-hydrogen) atoms. The fourth-order valence-electron chi connectivity index (χ4n) is 6.12. The number of aryl methyl sites for hydroxylation is 1. The van der Waals surface area contributed by atoms with E-state index in [1.165, 1.54) is 32.4 Å². The Morgan fingerprint density at radius 1 is 0.469 bits per heavy atom. The quantitative estimate of drug-likeness (QED) is 0.0338. The van der Waals surface area contributed by atoms with Crippen molar-refractivity contribution in [2.24, 2.45) is 63.1 Å². The third-order valence-electron chi connectivity index (χ3n) is 10.9. The van der Waals surface area contributed by atoms with Crippen molar-refractivity contribution in [3.8, 4) is 0 Å². The number of likely N-dealkylation sites (tertiary alicyclic amines) is 1. The molecule has 0 radical (unpaired) electrons. The average Bonchev–Trinajstić information content (AvgIpc) is 4.02. The molecule has 3 saturated heterocycles. The second kappa shape index (κ2) is 89.5. The maximum absolute atomic E-state index is 8.33. The number of nitrogens with two attached hydrogens (primary N) is 11. The SMILES string of the molecule is CCC(N)CO.CN(C)CCCN.CN(C)CCN.NCCCCCCO.NCCCCO.NCCCN1CCOCC1.NCCCn1ccnc1.NCCN1CCCCC1.NCCN1CCOCC1.NCCO.NCCOCCO. The number of hydrogen-bond donors (Lipinski definition) is 16. The normalized spacial score (nSPS) is 14.2. The van der Waals surface area contributed by atoms with Gasteiger partial charge in [-0.3, -0.25) is 9.80 Å². The van der Waals surface area contributed by atoms with Crippen LogP contribution in [0.4, 0.5) is 0 Å². The molecule has 1 atom stereocenters. The van der Waals surface area contributed by atoms with E-state index >= 15 is 0 Å². The molecule has 4 rings (SSSR count). The number of nitrogens with zero attached hydrogens (tertiary/aromatic N) is 7. The van der Waals surface area contributed by atoms with Crippen molar-refractivity contribution in [2.75, 3.05) is 238 Å². The Kier molecular flexibility index (Phi) is 103. The van der Waals surface area contributed by atoms with E-state index in [-0.39, 0.29) is 32.5 Å². The molecule has 1 aromatic rings. The number of unbranched alkanes of at least 4 members (excludes halogenated alkanes) is 4. The number of likely N-dealkylation sites (N-methyl/N-ethyl adjacent to an activating group) is 1. The molecular formula is C55H138N18O8. The van der Waals surface area contributed by atoms with Gasteiger partial charge in [0.25, 0.3) is 0 Å². The minimum absolute atomic E-state index is 0.00926. The number of rotatable bonds is 30. The number of imidazole rings is 1. The Hall–Kier alpha value is -1.75. The van der Waals surface area contributed by atoms with Gasteiger partial charge in [0, 0.05) is 117 Å². The van der Waals surface area contributed by atoms with Crippen molar-refractivity contribution < 1.29 is 39.7 Å². The molecule has 3 fully saturated rings. The van der Waals surface area contributed by atoms with Gasteiger partial charge in [-0.1, -0.05) is 26.2 Å². The number of piperidine rings is 1. The molecule has 26 nitrogen and oxygen atoms in total. The van der Waals surface area contributed by atoms with E-state index < -0.39 is 0 Å². The van der Waals surface area contributed by atoms with Crippen molar-refractivity contribution in [1.29, 1.82) is 0 Å². The summed E-state index contributed by atoms with van der Waals surface area (Å²) in [7, 11) is 8.12. The Bertz CT molecular complexity index is 1060. The monoisotopic (exact) mass is 1180 g/mol. The molecule has 0 spiro atoms. The first kappa shape index (κ1) is 93.0. The fraction of sp³-hybridized carbons (Fsp3) is 0.945. The first-order chi connectivity index (χ1) is 39.2. The van der Waals surface area contributed by atoms with Crippen LogP contribution in [0, 0.1) is 0 Å². The second-order valence-corrected chi connectivity index (χ2v) is 19.1. The van der Waals surface area contributed by atoms with Crippen LogP contribution >= 0.6 is 0 Å². The zero-order chi connectivity index (χ0) is 62.5. The van der Waals surface area contributed by atoms with Crippen LogP contribution in [0.5, 0.6) is 0 Å². The number of aliphatic hydroxyl groups is 5. The molecule has 1 unspecified atom stereocenters. The van der Waals surface area contributed by atoms with E-state index in [1.807, 2.05) is 31.8 Å². The highest BCUT2D eigenvalue weighted by molar-refractivity contribution is 4.73. The lowest BCUT2D eigenvalue weighted by Gasteiger charge is -2.26. The molecule has 0 amide bonds. The number of hydrogen-bond acceptors (Lipinski definition) is 25. The summed E-state index contributed by atoms with van der Waals surface area (Å²) in [4.78, 5) is 15.3.